The van der Waals surface area contributed by atoms with Crippen molar-refractivity contribution < 1.29 is 5.11 Å². The summed E-state index contributed by atoms with van der Waals surface area (Å²) >= 11 is 2.05. The average Bonchev–Trinajstić information content (AvgIpc) is 2.71. The van der Waals surface area contributed by atoms with E-state index in [4.69, 9.17) is 0 Å². The van der Waals surface area contributed by atoms with Gasteiger partial charge < -0.3 is 5.11 Å². The summed E-state index contributed by atoms with van der Waals surface area (Å²) in [6.45, 7) is 2.18. The lowest BCUT2D eigenvalue weighted by atomic mass is 9.91. The maximum absolute atomic E-state index is 10.1. The highest BCUT2D eigenvalue weighted by atomic mass is 32.2. The normalized spacial score (nSPS) is 48.5. The molecule has 3 atom stereocenters. The first-order valence-corrected chi connectivity index (χ1v) is 6.19. The molecule has 12 heavy (non-hydrogen) atoms. The van der Waals surface area contributed by atoms with E-state index in [1.54, 1.807) is 0 Å². The van der Waals surface area contributed by atoms with Gasteiger partial charge in [-0.15, -0.1) is 0 Å². The van der Waals surface area contributed by atoms with E-state index >= 15 is 0 Å². The molecule has 1 saturated heterocycles. The Morgan fingerprint density at radius 1 is 1.33 bits per heavy atom. The van der Waals surface area contributed by atoms with E-state index in [1.165, 1.54) is 30.8 Å². The van der Waals surface area contributed by atoms with Gasteiger partial charge >= 0.3 is 0 Å². The Morgan fingerprint density at radius 3 is 2.75 bits per heavy atom. The predicted molar refractivity (Wildman–Crippen MR) is 53.4 cm³/mol. The molecule has 1 saturated carbocycles. The van der Waals surface area contributed by atoms with Gasteiger partial charge in [0.1, 0.15) is 0 Å². The van der Waals surface area contributed by atoms with E-state index < -0.39 is 0 Å². The number of aliphatic hydroxyl groups is 1. The van der Waals surface area contributed by atoms with Crippen molar-refractivity contribution in [3.63, 3.8) is 0 Å². The van der Waals surface area contributed by atoms with Crippen molar-refractivity contribution >= 4 is 11.8 Å². The van der Waals surface area contributed by atoms with Gasteiger partial charge in [0.25, 0.3) is 0 Å². The summed E-state index contributed by atoms with van der Waals surface area (Å²) in [4.78, 5) is 0. The third-order valence-corrected chi connectivity index (χ3v) is 4.59. The lowest BCUT2D eigenvalue weighted by molar-refractivity contribution is 0.0618. The van der Waals surface area contributed by atoms with Gasteiger partial charge in [-0.1, -0.05) is 6.92 Å². The van der Waals surface area contributed by atoms with Gasteiger partial charge in [-0.3, -0.25) is 0 Å². The molecule has 1 aliphatic heterocycles. The quantitative estimate of drug-likeness (QED) is 0.678. The molecule has 2 fully saturated rings. The van der Waals surface area contributed by atoms with Gasteiger partial charge in [0.05, 0.1) is 5.60 Å². The van der Waals surface area contributed by atoms with Crippen LogP contribution in [0.15, 0.2) is 0 Å². The molecule has 0 spiro atoms. The summed E-state index contributed by atoms with van der Waals surface area (Å²) in [6, 6.07) is 0. The Bertz CT molecular complexity index is 163. The van der Waals surface area contributed by atoms with Crippen LogP contribution in [-0.2, 0) is 0 Å². The number of rotatable bonds is 1. The second kappa shape index (κ2) is 3.22. The summed E-state index contributed by atoms with van der Waals surface area (Å²) < 4.78 is 0. The Kier molecular flexibility index (Phi) is 2.39. The van der Waals surface area contributed by atoms with Crippen LogP contribution in [-0.4, -0.2) is 22.2 Å². The fourth-order valence-electron chi connectivity index (χ4n) is 2.40. The molecule has 1 N–H and O–H groups in total. The molecule has 2 aliphatic rings. The van der Waals surface area contributed by atoms with Crippen molar-refractivity contribution in [2.45, 2.75) is 38.2 Å². The Balaban J connectivity index is 1.93. The van der Waals surface area contributed by atoms with Gasteiger partial charge in [0, 0.05) is 0 Å². The monoisotopic (exact) mass is 186 g/mol. The third-order valence-electron chi connectivity index (χ3n) is 3.49. The minimum absolute atomic E-state index is 0.245. The van der Waals surface area contributed by atoms with Crippen LogP contribution in [0, 0.1) is 11.8 Å². The van der Waals surface area contributed by atoms with Crippen LogP contribution >= 0.6 is 11.8 Å². The van der Waals surface area contributed by atoms with E-state index in [1.807, 2.05) is 0 Å². The summed E-state index contributed by atoms with van der Waals surface area (Å²) in [5, 5.41) is 10.1. The van der Waals surface area contributed by atoms with E-state index in [0.29, 0.717) is 11.8 Å². The molecule has 0 aromatic carbocycles. The van der Waals surface area contributed by atoms with Gasteiger partial charge in [0.15, 0.2) is 0 Å². The van der Waals surface area contributed by atoms with Crippen LogP contribution in [0.3, 0.4) is 0 Å². The van der Waals surface area contributed by atoms with Crippen molar-refractivity contribution in [1.29, 1.82) is 0 Å². The van der Waals surface area contributed by atoms with Crippen molar-refractivity contribution in [3.8, 4) is 0 Å². The molecular weight excluding hydrogens is 168 g/mol. The molecule has 3 unspecified atom stereocenters. The Hall–Kier alpha value is 0.310. The molecular formula is C10H18OS. The zero-order valence-corrected chi connectivity index (χ0v) is 8.57. The highest BCUT2D eigenvalue weighted by Crippen LogP contribution is 2.52. The maximum atomic E-state index is 10.1. The highest BCUT2D eigenvalue weighted by molar-refractivity contribution is 7.99. The fourth-order valence-corrected chi connectivity index (χ4v) is 3.43. The van der Waals surface area contributed by atoms with Gasteiger partial charge in [0.2, 0.25) is 0 Å². The first-order chi connectivity index (χ1) is 5.73. The summed E-state index contributed by atoms with van der Waals surface area (Å²) in [5.74, 6) is 3.76. The largest absolute Gasteiger partial charge is 0.389 e. The topological polar surface area (TPSA) is 20.2 Å². The second-order valence-electron chi connectivity index (χ2n) is 4.34. The van der Waals surface area contributed by atoms with Crippen LogP contribution in [0.25, 0.3) is 0 Å². The number of hydrogen-bond donors (Lipinski definition) is 1. The molecule has 0 aromatic rings. The summed E-state index contributed by atoms with van der Waals surface area (Å²) in [5.41, 5.74) is -0.245. The van der Waals surface area contributed by atoms with E-state index in [2.05, 4.69) is 18.7 Å². The van der Waals surface area contributed by atoms with Crippen molar-refractivity contribution in [3.05, 3.63) is 0 Å². The molecule has 2 rings (SSSR count). The molecule has 70 valence electrons. The minimum atomic E-state index is -0.245. The maximum Gasteiger partial charge on any atom is 0.0706 e. The van der Waals surface area contributed by atoms with Crippen molar-refractivity contribution in [2.24, 2.45) is 11.8 Å². The molecule has 0 bridgehead atoms. The summed E-state index contributed by atoms with van der Waals surface area (Å²) in [7, 11) is 0. The molecule has 1 nitrogen and oxygen atoms in total. The van der Waals surface area contributed by atoms with Gasteiger partial charge in [-0.25, -0.2) is 0 Å². The van der Waals surface area contributed by atoms with Gasteiger partial charge in [-0.05, 0) is 49.0 Å². The Labute approximate surface area is 78.9 Å². The van der Waals surface area contributed by atoms with Crippen LogP contribution in [0.5, 0.6) is 0 Å². The zero-order chi connectivity index (χ0) is 8.60. The molecule has 0 aromatic heterocycles. The van der Waals surface area contributed by atoms with E-state index in [0.717, 1.165) is 6.42 Å². The molecule has 1 heterocycles. The molecule has 2 heteroatoms. The van der Waals surface area contributed by atoms with Gasteiger partial charge in [-0.2, -0.15) is 11.8 Å². The lowest BCUT2D eigenvalue weighted by Gasteiger charge is -2.20. The van der Waals surface area contributed by atoms with Crippen LogP contribution < -0.4 is 0 Å². The minimum Gasteiger partial charge on any atom is -0.389 e. The third kappa shape index (κ3) is 1.51. The Morgan fingerprint density at radius 2 is 2.08 bits per heavy atom. The van der Waals surface area contributed by atoms with Crippen molar-refractivity contribution in [1.82, 2.24) is 0 Å². The second-order valence-corrected chi connectivity index (χ2v) is 5.56. The first kappa shape index (κ1) is 8.89. The first-order valence-electron chi connectivity index (χ1n) is 5.03. The molecule has 0 radical (unpaired) electrons. The molecule has 0 amide bonds. The number of hydrogen-bond acceptors (Lipinski definition) is 2. The van der Waals surface area contributed by atoms with E-state index in [-0.39, 0.29) is 5.60 Å². The lowest BCUT2D eigenvalue weighted by Crippen LogP contribution is -2.24. The number of thioether (sulfide) groups is 1. The van der Waals surface area contributed by atoms with Crippen LogP contribution in [0.2, 0.25) is 0 Å². The predicted octanol–water partition coefficient (Wildman–Crippen LogP) is 2.29. The smallest absolute Gasteiger partial charge is 0.0706 e. The summed E-state index contributed by atoms with van der Waals surface area (Å²) in [6.07, 6.45) is 4.87. The standard InChI is InChI=1S/C10H18OS/c1-8-7-10(8,11)9-3-2-5-12-6-4-9/h8-9,11H,2-7H2,1H3. The molecule has 1 aliphatic carbocycles. The van der Waals surface area contributed by atoms with Crippen LogP contribution in [0.4, 0.5) is 0 Å². The fraction of sp³-hybridized carbons (Fsp3) is 1.00. The van der Waals surface area contributed by atoms with Crippen LogP contribution in [0.1, 0.15) is 32.6 Å². The SMILES string of the molecule is CC1CC1(O)C1CCCSCC1. The zero-order valence-electron chi connectivity index (χ0n) is 7.75. The average molecular weight is 186 g/mol. The van der Waals surface area contributed by atoms with Crippen molar-refractivity contribution in [2.75, 3.05) is 11.5 Å². The highest BCUT2D eigenvalue weighted by Gasteiger charge is 2.54. The van der Waals surface area contributed by atoms with E-state index in [9.17, 15) is 5.11 Å².